The van der Waals surface area contributed by atoms with E-state index < -0.39 is 0 Å². The predicted molar refractivity (Wildman–Crippen MR) is 67.6 cm³/mol. The molecule has 1 saturated carbocycles. The van der Waals surface area contributed by atoms with E-state index in [1.807, 2.05) is 0 Å². The normalized spacial score (nSPS) is 27.2. The molecule has 1 aliphatic carbocycles. The van der Waals surface area contributed by atoms with Gasteiger partial charge in [0.15, 0.2) is 5.79 Å². The van der Waals surface area contributed by atoms with Gasteiger partial charge in [-0.3, -0.25) is 4.90 Å². The average Bonchev–Trinajstić information content (AvgIpc) is 3.01. The van der Waals surface area contributed by atoms with E-state index in [1.165, 1.54) is 12.8 Å². The van der Waals surface area contributed by atoms with Gasteiger partial charge in [-0.1, -0.05) is 5.16 Å². The lowest BCUT2D eigenvalue weighted by Crippen LogP contribution is -2.44. The summed E-state index contributed by atoms with van der Waals surface area (Å²) in [6, 6.07) is 2.13. The first-order valence-electron chi connectivity index (χ1n) is 7.29. The van der Waals surface area contributed by atoms with Gasteiger partial charge in [0.2, 0.25) is 0 Å². The summed E-state index contributed by atoms with van der Waals surface area (Å²) in [6.45, 7) is 4.38. The van der Waals surface area contributed by atoms with E-state index >= 15 is 0 Å². The zero-order valence-electron chi connectivity index (χ0n) is 11.1. The van der Waals surface area contributed by atoms with Crippen LogP contribution in [0.4, 0.5) is 0 Å². The second kappa shape index (κ2) is 4.58. The molecule has 0 amide bonds. The highest BCUT2D eigenvalue weighted by Gasteiger charge is 2.39. The van der Waals surface area contributed by atoms with Crippen molar-refractivity contribution in [3.8, 4) is 0 Å². The molecule has 3 aliphatic rings. The smallest absolute Gasteiger partial charge is 0.170 e. The van der Waals surface area contributed by atoms with Crippen LogP contribution in [0, 0.1) is 0 Å². The summed E-state index contributed by atoms with van der Waals surface area (Å²) in [6.07, 6.45) is 4.44. The quantitative estimate of drug-likeness (QED) is 0.834. The van der Waals surface area contributed by atoms with Crippen LogP contribution in [-0.4, -0.2) is 42.1 Å². The highest BCUT2D eigenvalue weighted by atomic mass is 16.7. The van der Waals surface area contributed by atoms with Crippen molar-refractivity contribution in [2.24, 2.45) is 0 Å². The molecule has 0 atom stereocenters. The third-order valence-electron chi connectivity index (χ3n) is 4.37. The Morgan fingerprint density at radius 3 is 2.63 bits per heavy atom. The van der Waals surface area contributed by atoms with Gasteiger partial charge in [0.1, 0.15) is 5.76 Å². The summed E-state index contributed by atoms with van der Waals surface area (Å²) < 4.78 is 16.9. The van der Waals surface area contributed by atoms with Gasteiger partial charge in [0.25, 0.3) is 0 Å². The zero-order valence-corrected chi connectivity index (χ0v) is 11.1. The Morgan fingerprint density at radius 1 is 1.21 bits per heavy atom. The molecule has 3 fully saturated rings. The Bertz CT molecular complexity index is 439. The number of nitrogens with zero attached hydrogens (tertiary/aromatic N) is 2. The molecule has 0 radical (unpaired) electrons. The standard InChI is InChI=1S/C14H20N2O3/c1-2-11(1)13-9-12(15-19-13)10-16-5-3-14(4-6-16)17-7-8-18-14/h9,11H,1-8,10H2. The minimum absolute atomic E-state index is 0.278. The molecular formula is C14H20N2O3. The number of piperidine rings is 1. The van der Waals surface area contributed by atoms with Crippen LogP contribution in [0.2, 0.25) is 0 Å². The molecule has 0 bridgehead atoms. The van der Waals surface area contributed by atoms with Crippen LogP contribution in [0.15, 0.2) is 10.6 Å². The van der Waals surface area contributed by atoms with Crippen LogP contribution in [0.3, 0.4) is 0 Å². The van der Waals surface area contributed by atoms with Gasteiger partial charge in [0, 0.05) is 44.5 Å². The minimum atomic E-state index is -0.278. The predicted octanol–water partition coefficient (Wildman–Crippen LogP) is 1.89. The maximum Gasteiger partial charge on any atom is 0.170 e. The lowest BCUT2D eigenvalue weighted by molar-refractivity contribution is -0.185. The van der Waals surface area contributed by atoms with Crippen LogP contribution in [-0.2, 0) is 16.0 Å². The fourth-order valence-electron chi connectivity index (χ4n) is 3.03. The van der Waals surface area contributed by atoms with Crippen LogP contribution in [0.25, 0.3) is 0 Å². The van der Waals surface area contributed by atoms with Crippen LogP contribution < -0.4 is 0 Å². The number of likely N-dealkylation sites (tertiary alicyclic amines) is 1. The summed E-state index contributed by atoms with van der Waals surface area (Å²) in [5.41, 5.74) is 1.06. The average molecular weight is 264 g/mol. The van der Waals surface area contributed by atoms with E-state index in [0.717, 1.165) is 57.1 Å². The summed E-state index contributed by atoms with van der Waals surface area (Å²) in [7, 11) is 0. The fraction of sp³-hybridized carbons (Fsp3) is 0.786. The fourth-order valence-corrected chi connectivity index (χ4v) is 3.03. The van der Waals surface area contributed by atoms with Crippen molar-refractivity contribution in [3.05, 3.63) is 17.5 Å². The van der Waals surface area contributed by atoms with Crippen LogP contribution >= 0.6 is 0 Å². The van der Waals surface area contributed by atoms with Gasteiger partial charge < -0.3 is 14.0 Å². The molecule has 1 spiro atoms. The van der Waals surface area contributed by atoms with Crippen molar-refractivity contribution in [2.45, 2.75) is 43.9 Å². The number of rotatable bonds is 3. The van der Waals surface area contributed by atoms with Crippen molar-refractivity contribution < 1.29 is 14.0 Å². The molecule has 0 unspecified atom stereocenters. The molecule has 1 aromatic heterocycles. The second-order valence-electron chi connectivity index (χ2n) is 5.88. The molecule has 0 N–H and O–H groups in total. The largest absolute Gasteiger partial charge is 0.361 e. The van der Waals surface area contributed by atoms with Crippen molar-refractivity contribution in [3.63, 3.8) is 0 Å². The Balaban J connectivity index is 1.33. The van der Waals surface area contributed by atoms with E-state index in [4.69, 9.17) is 14.0 Å². The first-order chi connectivity index (χ1) is 9.33. The van der Waals surface area contributed by atoms with Gasteiger partial charge in [-0.2, -0.15) is 0 Å². The Kier molecular flexibility index (Phi) is 2.86. The molecule has 3 heterocycles. The van der Waals surface area contributed by atoms with E-state index in [9.17, 15) is 0 Å². The third-order valence-corrected chi connectivity index (χ3v) is 4.37. The monoisotopic (exact) mass is 264 g/mol. The lowest BCUT2D eigenvalue weighted by atomic mass is 10.0. The molecule has 2 saturated heterocycles. The topological polar surface area (TPSA) is 47.7 Å². The molecule has 104 valence electrons. The van der Waals surface area contributed by atoms with Gasteiger partial charge >= 0.3 is 0 Å². The maximum atomic E-state index is 5.74. The molecule has 4 rings (SSSR count). The summed E-state index contributed by atoms with van der Waals surface area (Å²) in [5, 5.41) is 4.18. The van der Waals surface area contributed by atoms with Crippen molar-refractivity contribution >= 4 is 0 Å². The molecule has 1 aromatic rings. The van der Waals surface area contributed by atoms with Crippen molar-refractivity contribution in [2.75, 3.05) is 26.3 Å². The van der Waals surface area contributed by atoms with Crippen molar-refractivity contribution in [1.29, 1.82) is 0 Å². The molecule has 0 aromatic carbocycles. The molecule has 5 nitrogen and oxygen atoms in total. The zero-order chi connectivity index (χ0) is 12.7. The molecule has 2 aliphatic heterocycles. The van der Waals surface area contributed by atoms with E-state index in [2.05, 4.69) is 16.1 Å². The number of ether oxygens (including phenoxy) is 2. The minimum Gasteiger partial charge on any atom is -0.361 e. The lowest BCUT2D eigenvalue weighted by Gasteiger charge is -2.37. The van der Waals surface area contributed by atoms with Crippen LogP contribution in [0.5, 0.6) is 0 Å². The summed E-state index contributed by atoms with van der Waals surface area (Å²) in [5.74, 6) is 1.44. The molecular weight excluding hydrogens is 244 g/mol. The maximum absolute atomic E-state index is 5.74. The first kappa shape index (κ1) is 11.9. The highest BCUT2D eigenvalue weighted by molar-refractivity contribution is 5.14. The van der Waals surface area contributed by atoms with Gasteiger partial charge in [-0.25, -0.2) is 0 Å². The first-order valence-corrected chi connectivity index (χ1v) is 7.29. The highest BCUT2D eigenvalue weighted by Crippen LogP contribution is 2.40. The number of hydrogen-bond acceptors (Lipinski definition) is 5. The van der Waals surface area contributed by atoms with Gasteiger partial charge in [-0.05, 0) is 12.8 Å². The SMILES string of the molecule is c1c(CN2CCC3(CC2)OCCO3)noc1C1CC1. The number of aromatic nitrogens is 1. The Morgan fingerprint density at radius 2 is 1.95 bits per heavy atom. The number of hydrogen-bond donors (Lipinski definition) is 0. The summed E-state index contributed by atoms with van der Waals surface area (Å²) in [4.78, 5) is 2.41. The van der Waals surface area contributed by atoms with E-state index in [0.29, 0.717) is 5.92 Å². The van der Waals surface area contributed by atoms with Gasteiger partial charge in [0.05, 0.1) is 18.9 Å². The molecule has 5 heteroatoms. The Hall–Kier alpha value is -0.910. The van der Waals surface area contributed by atoms with E-state index in [-0.39, 0.29) is 5.79 Å². The third kappa shape index (κ3) is 2.42. The van der Waals surface area contributed by atoms with Crippen molar-refractivity contribution in [1.82, 2.24) is 10.1 Å². The molecule has 19 heavy (non-hydrogen) atoms. The Labute approximate surface area is 112 Å². The summed E-state index contributed by atoms with van der Waals surface area (Å²) >= 11 is 0. The second-order valence-corrected chi connectivity index (χ2v) is 5.88. The van der Waals surface area contributed by atoms with Crippen LogP contribution in [0.1, 0.15) is 43.1 Å². The van der Waals surface area contributed by atoms with E-state index in [1.54, 1.807) is 0 Å². The van der Waals surface area contributed by atoms with Gasteiger partial charge in [-0.15, -0.1) is 0 Å².